The van der Waals surface area contributed by atoms with Gasteiger partial charge in [0.25, 0.3) is 0 Å². The maximum absolute atomic E-state index is 11.5. The average molecular weight is 267 g/mol. The topological polar surface area (TPSA) is 43.9 Å². The summed E-state index contributed by atoms with van der Waals surface area (Å²) in [5.41, 5.74) is 0. The maximum atomic E-state index is 11.5. The number of piperidine rings is 1. The van der Waals surface area contributed by atoms with Crippen LogP contribution in [0, 0.1) is 5.92 Å². The Kier molecular flexibility index (Phi) is 4.80. The normalized spacial score (nSPS) is 26.4. The molecule has 0 aliphatic carbocycles. The van der Waals surface area contributed by atoms with Crippen molar-refractivity contribution in [2.75, 3.05) is 46.3 Å². The lowest BCUT2D eigenvalue weighted by atomic mass is 9.97. The fourth-order valence-electron chi connectivity index (χ4n) is 3.08. The van der Waals surface area contributed by atoms with E-state index in [1.165, 1.54) is 0 Å². The van der Waals surface area contributed by atoms with Crippen LogP contribution in [-0.2, 0) is 9.59 Å². The number of carbonyl (C=O) groups is 2. The Morgan fingerprint density at radius 2 is 2.05 bits per heavy atom. The second kappa shape index (κ2) is 6.37. The number of amides is 2. The Labute approximate surface area is 115 Å². The fourth-order valence-corrected chi connectivity index (χ4v) is 3.08. The van der Waals surface area contributed by atoms with Gasteiger partial charge in [-0.15, -0.1) is 0 Å². The third-order valence-electron chi connectivity index (χ3n) is 4.27. The zero-order valence-corrected chi connectivity index (χ0v) is 12.1. The van der Waals surface area contributed by atoms with Crippen molar-refractivity contribution in [2.45, 2.75) is 26.2 Å². The summed E-state index contributed by atoms with van der Waals surface area (Å²) in [6, 6.07) is 0. The molecule has 2 heterocycles. The predicted molar refractivity (Wildman–Crippen MR) is 73.7 cm³/mol. The fraction of sp³-hybridized carbons (Fsp3) is 0.857. The zero-order chi connectivity index (χ0) is 13.8. The van der Waals surface area contributed by atoms with Gasteiger partial charge in [0.2, 0.25) is 11.8 Å². The minimum absolute atomic E-state index is 0.185. The SMILES string of the molecule is CC(=O)N1CCCN(CC2CCC(=O)N(C)C2)CC1. The van der Waals surface area contributed by atoms with Gasteiger partial charge < -0.3 is 14.7 Å². The molecule has 2 fully saturated rings. The van der Waals surface area contributed by atoms with E-state index in [-0.39, 0.29) is 11.8 Å². The van der Waals surface area contributed by atoms with Crippen LogP contribution < -0.4 is 0 Å². The summed E-state index contributed by atoms with van der Waals surface area (Å²) in [7, 11) is 1.90. The third kappa shape index (κ3) is 3.93. The molecular formula is C14H25N3O2. The van der Waals surface area contributed by atoms with Crippen molar-refractivity contribution >= 4 is 11.8 Å². The van der Waals surface area contributed by atoms with Crippen LogP contribution >= 0.6 is 0 Å². The molecule has 0 spiro atoms. The molecule has 2 saturated heterocycles. The highest BCUT2D eigenvalue weighted by molar-refractivity contribution is 5.76. The van der Waals surface area contributed by atoms with E-state index in [2.05, 4.69) is 4.90 Å². The van der Waals surface area contributed by atoms with Crippen molar-refractivity contribution in [3.05, 3.63) is 0 Å². The van der Waals surface area contributed by atoms with Crippen molar-refractivity contribution in [1.29, 1.82) is 0 Å². The summed E-state index contributed by atoms with van der Waals surface area (Å²) in [6.07, 6.45) is 2.76. The van der Waals surface area contributed by atoms with E-state index < -0.39 is 0 Å². The van der Waals surface area contributed by atoms with Gasteiger partial charge in [-0.2, -0.15) is 0 Å². The standard InChI is InChI=1S/C14H25N3O2/c1-12(18)17-7-3-6-16(8-9-17)11-13-4-5-14(19)15(2)10-13/h13H,3-11H2,1-2H3. The second-order valence-electron chi connectivity index (χ2n) is 5.84. The summed E-state index contributed by atoms with van der Waals surface area (Å²) < 4.78 is 0. The quantitative estimate of drug-likeness (QED) is 0.728. The van der Waals surface area contributed by atoms with Crippen molar-refractivity contribution in [1.82, 2.24) is 14.7 Å². The van der Waals surface area contributed by atoms with Crippen molar-refractivity contribution in [3.63, 3.8) is 0 Å². The van der Waals surface area contributed by atoms with Gasteiger partial charge in [-0.1, -0.05) is 0 Å². The van der Waals surface area contributed by atoms with Gasteiger partial charge in [-0.25, -0.2) is 0 Å². The third-order valence-corrected chi connectivity index (χ3v) is 4.27. The van der Waals surface area contributed by atoms with Crippen LogP contribution in [0.25, 0.3) is 0 Å². The van der Waals surface area contributed by atoms with Crippen LogP contribution in [0.15, 0.2) is 0 Å². The molecular weight excluding hydrogens is 242 g/mol. The van der Waals surface area contributed by atoms with E-state index in [0.29, 0.717) is 12.3 Å². The van der Waals surface area contributed by atoms with Crippen molar-refractivity contribution in [2.24, 2.45) is 5.92 Å². The minimum atomic E-state index is 0.185. The Balaban J connectivity index is 1.80. The van der Waals surface area contributed by atoms with E-state index in [4.69, 9.17) is 0 Å². The van der Waals surface area contributed by atoms with E-state index in [1.807, 2.05) is 16.8 Å². The summed E-state index contributed by atoms with van der Waals surface area (Å²) >= 11 is 0. The Morgan fingerprint density at radius 3 is 2.74 bits per heavy atom. The molecule has 2 aliphatic rings. The molecule has 108 valence electrons. The van der Waals surface area contributed by atoms with E-state index >= 15 is 0 Å². The van der Waals surface area contributed by atoms with Gasteiger partial charge >= 0.3 is 0 Å². The first kappa shape index (κ1) is 14.3. The molecule has 5 nitrogen and oxygen atoms in total. The number of rotatable bonds is 2. The summed E-state index contributed by atoms with van der Waals surface area (Å²) in [6.45, 7) is 7.35. The molecule has 0 aromatic rings. The summed E-state index contributed by atoms with van der Waals surface area (Å²) in [4.78, 5) is 29.1. The lowest BCUT2D eigenvalue weighted by Gasteiger charge is -2.33. The Bertz CT molecular complexity index is 346. The lowest BCUT2D eigenvalue weighted by molar-refractivity contribution is -0.133. The molecule has 0 aromatic carbocycles. The largest absolute Gasteiger partial charge is 0.345 e. The highest BCUT2D eigenvalue weighted by Gasteiger charge is 2.25. The summed E-state index contributed by atoms with van der Waals surface area (Å²) in [5, 5.41) is 0. The van der Waals surface area contributed by atoms with E-state index in [0.717, 1.165) is 52.1 Å². The Morgan fingerprint density at radius 1 is 1.26 bits per heavy atom. The van der Waals surface area contributed by atoms with Crippen molar-refractivity contribution in [3.8, 4) is 0 Å². The first-order chi connectivity index (χ1) is 9.06. The predicted octanol–water partition coefficient (Wildman–Crippen LogP) is 0.409. The number of likely N-dealkylation sites (tertiary alicyclic amines) is 1. The molecule has 19 heavy (non-hydrogen) atoms. The highest BCUT2D eigenvalue weighted by atomic mass is 16.2. The van der Waals surface area contributed by atoms with Gasteiger partial charge in [-0.05, 0) is 25.3 Å². The van der Waals surface area contributed by atoms with Gasteiger partial charge in [-0.3, -0.25) is 9.59 Å². The smallest absolute Gasteiger partial charge is 0.222 e. The molecule has 0 N–H and O–H groups in total. The number of hydrogen-bond donors (Lipinski definition) is 0. The molecule has 0 radical (unpaired) electrons. The van der Waals surface area contributed by atoms with Crippen LogP contribution in [0.3, 0.4) is 0 Å². The Hall–Kier alpha value is -1.10. The van der Waals surface area contributed by atoms with Crippen LogP contribution in [0.1, 0.15) is 26.2 Å². The van der Waals surface area contributed by atoms with Crippen LogP contribution in [0.2, 0.25) is 0 Å². The first-order valence-electron chi connectivity index (χ1n) is 7.28. The molecule has 2 aliphatic heterocycles. The molecule has 1 atom stereocenters. The highest BCUT2D eigenvalue weighted by Crippen LogP contribution is 2.18. The molecule has 0 bridgehead atoms. The number of nitrogens with zero attached hydrogens (tertiary/aromatic N) is 3. The van der Waals surface area contributed by atoms with E-state index in [9.17, 15) is 9.59 Å². The number of hydrogen-bond acceptors (Lipinski definition) is 3. The maximum Gasteiger partial charge on any atom is 0.222 e. The van der Waals surface area contributed by atoms with Gasteiger partial charge in [0.05, 0.1) is 0 Å². The van der Waals surface area contributed by atoms with Gasteiger partial charge in [0, 0.05) is 53.1 Å². The molecule has 5 heteroatoms. The van der Waals surface area contributed by atoms with Gasteiger partial charge in [0.15, 0.2) is 0 Å². The molecule has 0 saturated carbocycles. The first-order valence-corrected chi connectivity index (χ1v) is 7.28. The van der Waals surface area contributed by atoms with Gasteiger partial charge in [0.1, 0.15) is 0 Å². The minimum Gasteiger partial charge on any atom is -0.345 e. The van der Waals surface area contributed by atoms with E-state index in [1.54, 1.807) is 6.92 Å². The zero-order valence-electron chi connectivity index (χ0n) is 12.1. The van der Waals surface area contributed by atoms with Crippen LogP contribution in [-0.4, -0.2) is 72.8 Å². The van der Waals surface area contributed by atoms with Crippen LogP contribution in [0.4, 0.5) is 0 Å². The lowest BCUT2D eigenvalue weighted by Crippen LogP contribution is -2.43. The summed E-state index contributed by atoms with van der Waals surface area (Å²) in [5.74, 6) is 1.05. The monoisotopic (exact) mass is 267 g/mol. The molecule has 2 rings (SSSR count). The molecule has 2 amide bonds. The molecule has 1 unspecified atom stereocenters. The van der Waals surface area contributed by atoms with Crippen LogP contribution in [0.5, 0.6) is 0 Å². The average Bonchev–Trinajstić information content (AvgIpc) is 2.59. The van der Waals surface area contributed by atoms with Crippen molar-refractivity contribution < 1.29 is 9.59 Å². The second-order valence-corrected chi connectivity index (χ2v) is 5.84. The number of carbonyl (C=O) groups excluding carboxylic acids is 2. The molecule has 0 aromatic heterocycles.